The van der Waals surface area contributed by atoms with Gasteiger partial charge in [-0.2, -0.15) is 0 Å². The minimum Gasteiger partial charge on any atom is -0.444 e. The largest absolute Gasteiger partial charge is 0.444 e. The molecular formula is C23H28N2O2. The molecule has 2 aliphatic rings. The summed E-state index contributed by atoms with van der Waals surface area (Å²) in [6, 6.07) is 6.40. The Morgan fingerprint density at radius 2 is 2.11 bits per heavy atom. The van der Waals surface area contributed by atoms with Gasteiger partial charge in [-0.1, -0.05) is 32.1 Å². The molecule has 0 saturated heterocycles. The number of rotatable bonds is 3. The molecule has 2 heterocycles. The maximum absolute atomic E-state index is 11.9. The molecule has 4 heteroatoms. The van der Waals surface area contributed by atoms with Crippen molar-refractivity contribution in [2.75, 3.05) is 11.4 Å². The van der Waals surface area contributed by atoms with Gasteiger partial charge in [-0.15, -0.1) is 12.3 Å². The molecular weight excluding hydrogens is 336 g/mol. The summed E-state index contributed by atoms with van der Waals surface area (Å²) in [5.41, 5.74) is 5.44. The zero-order valence-electron chi connectivity index (χ0n) is 16.8. The fraction of sp³-hybridized carbons (Fsp3) is 0.435. The summed E-state index contributed by atoms with van der Waals surface area (Å²) in [6.45, 7) is 11.3. The predicted molar refractivity (Wildman–Crippen MR) is 110 cm³/mol. The average Bonchev–Trinajstić information content (AvgIpc) is 2.79. The van der Waals surface area contributed by atoms with E-state index in [1.165, 1.54) is 22.5 Å². The van der Waals surface area contributed by atoms with E-state index in [0.29, 0.717) is 13.0 Å². The van der Waals surface area contributed by atoms with Gasteiger partial charge in [-0.3, -0.25) is 0 Å². The summed E-state index contributed by atoms with van der Waals surface area (Å²) in [7, 11) is 0. The number of amides is 1. The molecule has 1 aromatic carbocycles. The van der Waals surface area contributed by atoms with Gasteiger partial charge in [0.2, 0.25) is 0 Å². The lowest BCUT2D eigenvalue weighted by Crippen LogP contribution is -2.32. The van der Waals surface area contributed by atoms with Gasteiger partial charge in [0.05, 0.1) is 0 Å². The van der Waals surface area contributed by atoms with Crippen LogP contribution in [-0.4, -0.2) is 18.2 Å². The predicted octanol–water partition coefficient (Wildman–Crippen LogP) is 4.66. The Bertz CT molecular complexity index is 863. The molecule has 0 saturated carbocycles. The maximum atomic E-state index is 11.9. The smallest absolute Gasteiger partial charge is 0.407 e. The first kappa shape index (κ1) is 19.1. The minimum atomic E-state index is -0.497. The van der Waals surface area contributed by atoms with Crippen LogP contribution in [0.15, 0.2) is 41.6 Å². The van der Waals surface area contributed by atoms with Gasteiger partial charge < -0.3 is 15.0 Å². The number of benzene rings is 1. The van der Waals surface area contributed by atoms with E-state index in [4.69, 9.17) is 11.2 Å². The molecule has 1 aromatic rings. The number of anilines is 1. The van der Waals surface area contributed by atoms with Crippen LogP contribution in [-0.2, 0) is 16.7 Å². The van der Waals surface area contributed by atoms with E-state index >= 15 is 0 Å². The maximum Gasteiger partial charge on any atom is 0.407 e. The van der Waals surface area contributed by atoms with Crippen LogP contribution in [0.5, 0.6) is 0 Å². The molecule has 0 aliphatic carbocycles. The number of nitrogens with zero attached hydrogens (tertiary/aromatic N) is 1. The molecule has 3 rings (SSSR count). The van der Waals surface area contributed by atoms with Crippen LogP contribution in [0.1, 0.15) is 52.2 Å². The second-order valence-electron chi connectivity index (χ2n) is 8.63. The van der Waals surface area contributed by atoms with Gasteiger partial charge in [0.25, 0.3) is 0 Å². The zero-order chi connectivity index (χ0) is 19.8. The highest BCUT2D eigenvalue weighted by atomic mass is 16.6. The number of ether oxygens (including phenoxy) is 1. The average molecular weight is 364 g/mol. The van der Waals surface area contributed by atoms with Crippen molar-refractivity contribution in [1.82, 2.24) is 5.32 Å². The summed E-state index contributed by atoms with van der Waals surface area (Å²) in [5, 5.41) is 2.84. The van der Waals surface area contributed by atoms with Crippen molar-refractivity contribution in [3.63, 3.8) is 0 Å². The highest BCUT2D eigenvalue weighted by Gasteiger charge is 2.40. The molecule has 0 atom stereocenters. The van der Waals surface area contributed by atoms with Gasteiger partial charge in [0.15, 0.2) is 0 Å². The van der Waals surface area contributed by atoms with Gasteiger partial charge in [-0.25, -0.2) is 4.79 Å². The van der Waals surface area contributed by atoms with E-state index in [9.17, 15) is 4.79 Å². The Morgan fingerprint density at radius 3 is 2.78 bits per heavy atom. The number of hydrogen-bond acceptors (Lipinski definition) is 3. The molecule has 0 radical (unpaired) electrons. The van der Waals surface area contributed by atoms with Crippen molar-refractivity contribution in [3.8, 4) is 12.3 Å². The summed E-state index contributed by atoms with van der Waals surface area (Å²) >= 11 is 0. The van der Waals surface area contributed by atoms with Crippen molar-refractivity contribution in [2.24, 2.45) is 0 Å². The van der Waals surface area contributed by atoms with E-state index in [0.717, 1.165) is 12.1 Å². The third-order valence-electron chi connectivity index (χ3n) is 4.96. The molecule has 4 nitrogen and oxygen atoms in total. The van der Waals surface area contributed by atoms with Crippen LogP contribution in [0, 0.1) is 12.3 Å². The quantitative estimate of drug-likeness (QED) is 0.794. The molecule has 142 valence electrons. The molecule has 0 fully saturated rings. The number of alkyl carbamates (subject to hydrolysis) is 1. The van der Waals surface area contributed by atoms with E-state index < -0.39 is 11.7 Å². The van der Waals surface area contributed by atoms with Crippen LogP contribution in [0.4, 0.5) is 10.5 Å². The Balaban J connectivity index is 1.80. The van der Waals surface area contributed by atoms with E-state index in [1.807, 2.05) is 20.8 Å². The van der Waals surface area contributed by atoms with Gasteiger partial charge >= 0.3 is 6.09 Å². The Hall–Kier alpha value is -2.67. The number of nitrogens with one attached hydrogen (secondary N) is 1. The van der Waals surface area contributed by atoms with Crippen molar-refractivity contribution >= 4 is 11.8 Å². The second-order valence-corrected chi connectivity index (χ2v) is 8.63. The van der Waals surface area contributed by atoms with Crippen LogP contribution in [0.3, 0.4) is 0 Å². The Kier molecular flexibility index (Phi) is 4.82. The number of allylic oxidation sites excluding steroid dienone is 3. The number of fused-ring (bicyclic) bond motifs is 3. The molecule has 0 spiro atoms. The van der Waals surface area contributed by atoms with Crippen molar-refractivity contribution < 1.29 is 9.53 Å². The Morgan fingerprint density at radius 1 is 1.37 bits per heavy atom. The molecule has 1 amide bonds. The van der Waals surface area contributed by atoms with Crippen LogP contribution >= 0.6 is 0 Å². The lowest BCUT2D eigenvalue weighted by atomic mass is 9.82. The molecule has 2 aliphatic heterocycles. The molecule has 27 heavy (non-hydrogen) atoms. The second kappa shape index (κ2) is 6.81. The highest BCUT2D eigenvalue weighted by Crippen LogP contribution is 2.49. The zero-order valence-corrected chi connectivity index (χ0v) is 16.8. The van der Waals surface area contributed by atoms with E-state index in [1.54, 1.807) is 0 Å². The normalized spacial score (nSPS) is 17.3. The summed E-state index contributed by atoms with van der Waals surface area (Å²) < 4.78 is 5.31. The summed E-state index contributed by atoms with van der Waals surface area (Å²) in [4.78, 5) is 14.3. The fourth-order valence-corrected chi connectivity index (χ4v) is 3.66. The molecule has 0 unspecified atom stereocenters. The SMILES string of the molecule is C#CCC1=CCN2C(=C1)C(C)(C)c1cc(CNC(=O)OC(C)(C)C)ccc12. The first-order valence-electron chi connectivity index (χ1n) is 9.34. The molecule has 1 N–H and O–H groups in total. The Labute approximate surface area is 162 Å². The first-order chi connectivity index (χ1) is 12.6. The third kappa shape index (κ3) is 3.88. The van der Waals surface area contributed by atoms with Gasteiger partial charge in [-0.05, 0) is 49.6 Å². The topological polar surface area (TPSA) is 41.6 Å². The third-order valence-corrected chi connectivity index (χ3v) is 4.96. The van der Waals surface area contributed by atoms with E-state index in [-0.39, 0.29) is 5.41 Å². The van der Waals surface area contributed by atoms with Crippen LogP contribution < -0.4 is 10.2 Å². The lowest BCUT2D eigenvalue weighted by molar-refractivity contribution is 0.0523. The fourth-order valence-electron chi connectivity index (χ4n) is 3.66. The van der Waals surface area contributed by atoms with Crippen molar-refractivity contribution in [1.29, 1.82) is 0 Å². The number of terminal acetylenes is 1. The molecule has 0 bridgehead atoms. The van der Waals surface area contributed by atoms with Crippen molar-refractivity contribution in [3.05, 3.63) is 52.7 Å². The number of carbonyl (C=O) groups is 1. The first-order valence-corrected chi connectivity index (χ1v) is 9.34. The monoisotopic (exact) mass is 364 g/mol. The van der Waals surface area contributed by atoms with Crippen LogP contribution in [0.25, 0.3) is 0 Å². The summed E-state index contributed by atoms with van der Waals surface area (Å²) in [6.07, 6.45) is 10.2. The number of hydrogen-bond donors (Lipinski definition) is 1. The van der Waals surface area contributed by atoms with Gasteiger partial charge in [0.1, 0.15) is 5.60 Å². The number of carbonyl (C=O) groups excluding carboxylic acids is 1. The highest BCUT2D eigenvalue weighted by molar-refractivity contribution is 5.73. The lowest BCUT2D eigenvalue weighted by Gasteiger charge is -2.29. The molecule has 0 aromatic heterocycles. The summed E-state index contributed by atoms with van der Waals surface area (Å²) in [5.74, 6) is 2.73. The van der Waals surface area contributed by atoms with E-state index in [2.05, 4.69) is 60.3 Å². The van der Waals surface area contributed by atoms with Crippen molar-refractivity contribution in [2.45, 2.75) is 58.6 Å². The van der Waals surface area contributed by atoms with Gasteiger partial charge in [0, 0.05) is 36.3 Å². The standard InChI is InChI=1S/C23H28N2O2/c1-7-8-16-11-12-25-19-10-9-17(15-24-21(26)27-22(2,3)4)13-18(19)23(5,6)20(25)14-16/h1,9-11,13-14H,8,12,15H2,2-6H3,(H,24,26). The van der Waals surface area contributed by atoms with Crippen LogP contribution in [0.2, 0.25) is 0 Å². The minimum absolute atomic E-state index is 0.106.